The molecule has 0 fully saturated rings. The fourth-order valence-electron chi connectivity index (χ4n) is 2.26. The zero-order chi connectivity index (χ0) is 18.2. The molecule has 0 aromatic heterocycles. The summed E-state index contributed by atoms with van der Waals surface area (Å²) in [6, 6.07) is 14.3. The van der Waals surface area contributed by atoms with Gasteiger partial charge in [-0.2, -0.15) is 0 Å². The van der Waals surface area contributed by atoms with E-state index >= 15 is 0 Å². The fraction of sp³-hybridized carbons (Fsp3) is 0.300. The molecule has 132 valence electrons. The minimum Gasteiger partial charge on any atom is -0.492 e. The summed E-state index contributed by atoms with van der Waals surface area (Å²) in [7, 11) is 1.34. The molecule has 0 radical (unpaired) electrons. The highest BCUT2D eigenvalue weighted by molar-refractivity contribution is 5.94. The molecule has 5 nitrogen and oxygen atoms in total. The van der Waals surface area contributed by atoms with Crippen LogP contribution >= 0.6 is 0 Å². The highest BCUT2D eigenvalue weighted by atomic mass is 16.5. The number of hydrogen-bond acceptors (Lipinski definition) is 4. The second kappa shape index (κ2) is 8.87. The van der Waals surface area contributed by atoms with Crippen LogP contribution in [0.15, 0.2) is 48.5 Å². The van der Waals surface area contributed by atoms with Gasteiger partial charge < -0.3 is 14.8 Å². The monoisotopic (exact) mass is 341 g/mol. The summed E-state index contributed by atoms with van der Waals surface area (Å²) in [4.78, 5) is 23.4. The predicted octanol–water partition coefficient (Wildman–Crippen LogP) is 3.41. The molecular formula is C20H23NO4. The number of esters is 1. The van der Waals surface area contributed by atoms with Crippen molar-refractivity contribution in [2.24, 2.45) is 0 Å². The topological polar surface area (TPSA) is 64.6 Å². The number of carbonyl (C=O) groups is 2. The lowest BCUT2D eigenvalue weighted by Gasteiger charge is -2.09. The van der Waals surface area contributed by atoms with Gasteiger partial charge in [0.1, 0.15) is 12.4 Å². The lowest BCUT2D eigenvalue weighted by molar-refractivity contribution is 0.0600. The van der Waals surface area contributed by atoms with Crippen LogP contribution in [0.4, 0.5) is 0 Å². The van der Waals surface area contributed by atoms with Gasteiger partial charge >= 0.3 is 5.97 Å². The molecule has 0 atom stereocenters. The molecule has 0 heterocycles. The van der Waals surface area contributed by atoms with E-state index in [2.05, 4.69) is 23.9 Å². The van der Waals surface area contributed by atoms with E-state index in [1.165, 1.54) is 12.7 Å². The van der Waals surface area contributed by atoms with Crippen molar-refractivity contribution >= 4 is 11.9 Å². The van der Waals surface area contributed by atoms with Gasteiger partial charge in [-0.3, -0.25) is 4.79 Å². The highest BCUT2D eigenvalue weighted by Crippen LogP contribution is 2.15. The smallest absolute Gasteiger partial charge is 0.337 e. The van der Waals surface area contributed by atoms with E-state index in [0.29, 0.717) is 35.9 Å². The zero-order valence-corrected chi connectivity index (χ0v) is 14.7. The first-order valence-electron chi connectivity index (χ1n) is 8.20. The minimum atomic E-state index is -0.387. The number of nitrogens with one attached hydrogen (secondary N) is 1. The van der Waals surface area contributed by atoms with Gasteiger partial charge in [0.2, 0.25) is 0 Å². The van der Waals surface area contributed by atoms with Crippen molar-refractivity contribution in [3.63, 3.8) is 0 Å². The summed E-state index contributed by atoms with van der Waals surface area (Å²) >= 11 is 0. The van der Waals surface area contributed by atoms with E-state index in [1.54, 1.807) is 24.3 Å². The number of rotatable bonds is 7. The van der Waals surface area contributed by atoms with E-state index in [9.17, 15) is 9.59 Å². The van der Waals surface area contributed by atoms with Gasteiger partial charge in [0.15, 0.2) is 0 Å². The molecule has 0 aliphatic heterocycles. The van der Waals surface area contributed by atoms with Crippen LogP contribution in [0.1, 0.15) is 46.0 Å². The molecule has 2 aromatic rings. The molecule has 1 N–H and O–H groups in total. The maximum atomic E-state index is 12.1. The zero-order valence-electron chi connectivity index (χ0n) is 14.7. The number of amides is 1. The van der Waals surface area contributed by atoms with Crippen molar-refractivity contribution in [3.05, 3.63) is 65.2 Å². The van der Waals surface area contributed by atoms with Crippen LogP contribution in [0.2, 0.25) is 0 Å². The van der Waals surface area contributed by atoms with E-state index in [4.69, 9.17) is 4.74 Å². The SMILES string of the molecule is COC(=O)c1ccc(OCCNC(=O)c2ccc(C(C)C)cc2)cc1. The molecule has 0 bridgehead atoms. The standard InChI is InChI=1S/C20H23NO4/c1-14(2)15-4-6-16(7-5-15)19(22)21-12-13-25-18-10-8-17(9-11-18)20(23)24-3/h4-11,14H,12-13H2,1-3H3,(H,21,22). The molecule has 5 heteroatoms. The van der Waals surface area contributed by atoms with Gasteiger partial charge in [-0.15, -0.1) is 0 Å². The van der Waals surface area contributed by atoms with Crippen LogP contribution in [-0.4, -0.2) is 32.1 Å². The Hall–Kier alpha value is -2.82. The Morgan fingerprint density at radius 2 is 1.56 bits per heavy atom. The third-order valence-electron chi connectivity index (χ3n) is 3.77. The first kappa shape index (κ1) is 18.5. The van der Waals surface area contributed by atoms with E-state index in [-0.39, 0.29) is 11.9 Å². The third kappa shape index (κ3) is 5.35. The Morgan fingerprint density at radius 3 is 2.12 bits per heavy atom. The summed E-state index contributed by atoms with van der Waals surface area (Å²) in [5.74, 6) is 0.557. The molecule has 0 saturated heterocycles. The molecule has 0 aliphatic carbocycles. The Morgan fingerprint density at radius 1 is 0.960 bits per heavy atom. The molecule has 0 unspecified atom stereocenters. The van der Waals surface area contributed by atoms with Crippen LogP contribution in [-0.2, 0) is 4.74 Å². The van der Waals surface area contributed by atoms with E-state index in [0.717, 1.165) is 0 Å². The van der Waals surface area contributed by atoms with Crippen LogP contribution in [0.5, 0.6) is 5.75 Å². The number of ether oxygens (including phenoxy) is 2. The normalized spacial score (nSPS) is 10.4. The average Bonchev–Trinajstić information content (AvgIpc) is 2.65. The van der Waals surface area contributed by atoms with Crippen molar-refractivity contribution < 1.29 is 19.1 Å². The summed E-state index contributed by atoms with van der Waals surface area (Å²) < 4.78 is 10.2. The summed E-state index contributed by atoms with van der Waals surface area (Å²) in [6.07, 6.45) is 0. The van der Waals surface area contributed by atoms with Crippen molar-refractivity contribution in [2.45, 2.75) is 19.8 Å². The number of hydrogen-bond donors (Lipinski definition) is 1. The maximum absolute atomic E-state index is 12.1. The molecule has 25 heavy (non-hydrogen) atoms. The number of carbonyl (C=O) groups excluding carboxylic acids is 2. The van der Waals surface area contributed by atoms with Crippen molar-refractivity contribution in [1.29, 1.82) is 0 Å². The van der Waals surface area contributed by atoms with Crippen LogP contribution in [0, 0.1) is 0 Å². The van der Waals surface area contributed by atoms with Gasteiger partial charge in [-0.25, -0.2) is 4.79 Å². The lowest BCUT2D eigenvalue weighted by Crippen LogP contribution is -2.28. The Kier molecular flexibility index (Phi) is 6.57. The average molecular weight is 341 g/mol. The van der Waals surface area contributed by atoms with E-state index < -0.39 is 0 Å². The second-order valence-corrected chi connectivity index (χ2v) is 5.90. The quantitative estimate of drug-likeness (QED) is 0.619. The number of methoxy groups -OCH3 is 1. The fourth-order valence-corrected chi connectivity index (χ4v) is 2.26. The minimum absolute atomic E-state index is 0.125. The molecule has 0 spiro atoms. The van der Waals surface area contributed by atoms with Crippen LogP contribution in [0.25, 0.3) is 0 Å². The molecule has 2 rings (SSSR count). The molecule has 0 saturated carbocycles. The van der Waals surface area contributed by atoms with Crippen molar-refractivity contribution in [2.75, 3.05) is 20.3 Å². The molecule has 0 aliphatic rings. The molecule has 1 amide bonds. The first-order chi connectivity index (χ1) is 12.0. The van der Waals surface area contributed by atoms with Gasteiger partial charge in [0.05, 0.1) is 19.2 Å². The Balaban J connectivity index is 1.76. The van der Waals surface area contributed by atoms with Crippen LogP contribution in [0.3, 0.4) is 0 Å². The van der Waals surface area contributed by atoms with Gasteiger partial charge in [-0.05, 0) is 47.9 Å². The molecular weight excluding hydrogens is 318 g/mol. The number of benzene rings is 2. The summed E-state index contributed by atoms with van der Waals surface area (Å²) in [5, 5.41) is 2.82. The lowest BCUT2D eigenvalue weighted by atomic mass is 10.0. The molecule has 2 aromatic carbocycles. The largest absolute Gasteiger partial charge is 0.492 e. The Bertz CT molecular complexity index is 705. The van der Waals surface area contributed by atoms with Crippen molar-refractivity contribution in [3.8, 4) is 5.75 Å². The predicted molar refractivity (Wildman–Crippen MR) is 96.1 cm³/mol. The Labute approximate surface area is 148 Å². The van der Waals surface area contributed by atoms with Gasteiger partial charge in [0.25, 0.3) is 5.91 Å². The summed E-state index contributed by atoms with van der Waals surface area (Å²) in [5.41, 5.74) is 2.30. The maximum Gasteiger partial charge on any atom is 0.337 e. The second-order valence-electron chi connectivity index (χ2n) is 5.90. The highest BCUT2D eigenvalue weighted by Gasteiger charge is 2.07. The third-order valence-corrected chi connectivity index (χ3v) is 3.77. The van der Waals surface area contributed by atoms with Gasteiger partial charge in [0, 0.05) is 5.56 Å². The van der Waals surface area contributed by atoms with Crippen molar-refractivity contribution in [1.82, 2.24) is 5.32 Å². The summed E-state index contributed by atoms with van der Waals surface area (Å²) in [6.45, 7) is 4.96. The van der Waals surface area contributed by atoms with Gasteiger partial charge in [-0.1, -0.05) is 26.0 Å². The van der Waals surface area contributed by atoms with Crippen LogP contribution < -0.4 is 10.1 Å². The first-order valence-corrected chi connectivity index (χ1v) is 8.20. The van der Waals surface area contributed by atoms with E-state index in [1.807, 2.05) is 24.3 Å².